The number of rotatable bonds is 6. The van der Waals surface area contributed by atoms with Gasteiger partial charge in [0.1, 0.15) is 30.4 Å². The van der Waals surface area contributed by atoms with Crippen molar-refractivity contribution in [1.29, 1.82) is 0 Å². The summed E-state index contributed by atoms with van der Waals surface area (Å²) < 4.78 is 25.7. The Morgan fingerprint density at radius 3 is 2.61 bits per heavy atom. The number of anilines is 1. The molecule has 10 nitrogen and oxygen atoms in total. The number of hydrogen-bond acceptors (Lipinski definition) is 9. The monoisotopic (exact) mass is 453 g/mol. The number of imidazole rings is 1. The highest BCUT2D eigenvalue weighted by Crippen LogP contribution is 2.45. The molecule has 2 N–H and O–H groups in total. The van der Waals surface area contributed by atoms with Gasteiger partial charge in [0.25, 0.3) is 0 Å². The molecule has 33 heavy (non-hydrogen) atoms. The van der Waals surface area contributed by atoms with Crippen molar-refractivity contribution < 1.29 is 24.1 Å². The highest BCUT2D eigenvalue weighted by atomic mass is 16.8. The third kappa shape index (κ3) is 3.63. The minimum Gasteiger partial charge on any atom is -0.497 e. The maximum Gasteiger partial charge on any atom is 0.185 e. The molecule has 3 aromatic rings. The number of aliphatic hydroxyl groups is 1. The molecule has 0 spiro atoms. The van der Waals surface area contributed by atoms with Gasteiger partial charge >= 0.3 is 0 Å². The molecule has 1 aromatic carbocycles. The lowest BCUT2D eigenvalue weighted by atomic mass is 10.1. The smallest absolute Gasteiger partial charge is 0.185 e. The number of aliphatic hydroxyl groups excluding tert-OH is 1. The summed E-state index contributed by atoms with van der Waals surface area (Å²) in [6, 6.07) is 7.97. The van der Waals surface area contributed by atoms with Crippen molar-refractivity contribution in [2.75, 3.05) is 19.0 Å². The van der Waals surface area contributed by atoms with Crippen LogP contribution < -0.4 is 10.1 Å². The molecular formula is C23H27N5O5. The maximum atomic E-state index is 9.93. The van der Waals surface area contributed by atoms with Crippen molar-refractivity contribution in [2.45, 2.75) is 62.6 Å². The molecule has 6 rings (SSSR count). The predicted octanol–water partition coefficient (Wildman–Crippen LogP) is 2.56. The maximum absolute atomic E-state index is 9.93. The molecule has 3 fully saturated rings. The van der Waals surface area contributed by atoms with Crippen molar-refractivity contribution in [3.63, 3.8) is 0 Å². The molecule has 5 unspecified atom stereocenters. The fourth-order valence-electron chi connectivity index (χ4n) is 5.03. The van der Waals surface area contributed by atoms with Gasteiger partial charge in [-0.05, 0) is 25.0 Å². The molecule has 2 saturated heterocycles. The van der Waals surface area contributed by atoms with E-state index in [4.69, 9.17) is 18.9 Å². The molecule has 4 heterocycles. The summed E-state index contributed by atoms with van der Waals surface area (Å²) in [4.78, 5) is 13.5. The van der Waals surface area contributed by atoms with E-state index >= 15 is 0 Å². The lowest BCUT2D eigenvalue weighted by Crippen LogP contribution is -2.30. The molecule has 0 bridgehead atoms. The third-order valence-electron chi connectivity index (χ3n) is 6.74. The van der Waals surface area contributed by atoms with Gasteiger partial charge in [-0.3, -0.25) is 4.57 Å². The Labute approximate surface area is 190 Å². The Balaban J connectivity index is 1.28. The number of nitrogens with one attached hydrogen (secondary N) is 1. The van der Waals surface area contributed by atoms with Crippen molar-refractivity contribution >= 4 is 17.0 Å². The number of methoxy groups -OCH3 is 1. The Morgan fingerprint density at radius 2 is 1.85 bits per heavy atom. The van der Waals surface area contributed by atoms with Crippen LogP contribution in [0.25, 0.3) is 11.2 Å². The largest absolute Gasteiger partial charge is 0.497 e. The zero-order valence-corrected chi connectivity index (χ0v) is 18.3. The minimum atomic E-state index is -0.560. The van der Waals surface area contributed by atoms with Crippen LogP contribution in [0.3, 0.4) is 0 Å². The fourth-order valence-corrected chi connectivity index (χ4v) is 5.03. The first kappa shape index (κ1) is 20.8. The lowest BCUT2D eigenvalue weighted by molar-refractivity contribution is -0.153. The first-order chi connectivity index (χ1) is 16.2. The number of fused-ring (bicyclic) bond motifs is 2. The van der Waals surface area contributed by atoms with Crippen LogP contribution in [-0.2, 0) is 14.2 Å². The van der Waals surface area contributed by atoms with E-state index in [1.165, 1.54) is 12.8 Å². The minimum absolute atomic E-state index is 0.174. The van der Waals surface area contributed by atoms with Crippen LogP contribution in [0.1, 0.15) is 43.8 Å². The average Bonchev–Trinajstić information content (AvgIpc) is 3.63. The van der Waals surface area contributed by atoms with E-state index in [0.717, 1.165) is 30.0 Å². The van der Waals surface area contributed by atoms with Gasteiger partial charge < -0.3 is 29.4 Å². The Hall–Kier alpha value is -2.79. The summed E-state index contributed by atoms with van der Waals surface area (Å²) in [6.07, 6.45) is 5.53. The van der Waals surface area contributed by atoms with Gasteiger partial charge in [0.2, 0.25) is 0 Å². The van der Waals surface area contributed by atoms with Crippen LogP contribution in [-0.4, -0.2) is 62.7 Å². The summed E-state index contributed by atoms with van der Waals surface area (Å²) in [5.74, 6) is 1.50. The van der Waals surface area contributed by atoms with Gasteiger partial charge in [0.05, 0.1) is 20.0 Å². The van der Waals surface area contributed by atoms with Crippen molar-refractivity contribution in [3.05, 3.63) is 42.5 Å². The lowest BCUT2D eigenvalue weighted by Gasteiger charge is -2.21. The second kappa shape index (κ2) is 8.53. The number of aromatic nitrogens is 4. The topological polar surface area (TPSA) is 113 Å². The van der Waals surface area contributed by atoms with Crippen molar-refractivity contribution in [2.24, 2.45) is 0 Å². The molecule has 1 saturated carbocycles. The van der Waals surface area contributed by atoms with Crippen LogP contribution in [0, 0.1) is 0 Å². The highest BCUT2D eigenvalue weighted by Gasteiger charge is 2.53. The van der Waals surface area contributed by atoms with E-state index in [2.05, 4.69) is 20.3 Å². The van der Waals surface area contributed by atoms with Gasteiger partial charge in [0, 0.05) is 11.6 Å². The Morgan fingerprint density at radius 1 is 1.06 bits per heavy atom. The van der Waals surface area contributed by atoms with Gasteiger partial charge in [-0.25, -0.2) is 15.0 Å². The van der Waals surface area contributed by atoms with Gasteiger partial charge in [0.15, 0.2) is 29.5 Å². The zero-order chi connectivity index (χ0) is 22.4. The fraction of sp³-hybridized carbons (Fsp3) is 0.522. The molecular weight excluding hydrogens is 426 g/mol. The molecule has 2 aliphatic heterocycles. The first-order valence-electron chi connectivity index (χ1n) is 11.4. The van der Waals surface area contributed by atoms with Crippen LogP contribution in [0.5, 0.6) is 5.75 Å². The zero-order valence-electron chi connectivity index (χ0n) is 18.3. The molecule has 1 aliphatic carbocycles. The summed E-state index contributed by atoms with van der Waals surface area (Å²) in [5.41, 5.74) is 2.23. The standard InChI is InChI=1S/C23H27N5O5/c1-30-15-8-6-13(7-9-15)23-32-18-16(10-29)31-22(19(18)33-23)28-12-26-17-20(24-11-25-21(17)28)27-14-4-2-3-5-14/h6-9,11-12,14,16,18-19,22-23,29H,2-5,10H2,1H3,(H,24,25,27). The summed E-state index contributed by atoms with van der Waals surface area (Å²) >= 11 is 0. The van der Waals surface area contributed by atoms with Crippen LogP contribution >= 0.6 is 0 Å². The Kier molecular flexibility index (Phi) is 5.37. The average molecular weight is 453 g/mol. The van der Waals surface area contributed by atoms with Gasteiger partial charge in [-0.15, -0.1) is 0 Å². The SMILES string of the molecule is COc1ccc(C2OC3C(CO)OC(n4cnc5c(NC6CCCC6)ncnc54)C3O2)cc1. The van der Waals surface area contributed by atoms with E-state index in [0.29, 0.717) is 17.2 Å². The number of hydrogen-bond donors (Lipinski definition) is 2. The normalized spacial score (nSPS) is 29.6. The predicted molar refractivity (Wildman–Crippen MR) is 118 cm³/mol. The number of nitrogens with zero attached hydrogens (tertiary/aromatic N) is 4. The van der Waals surface area contributed by atoms with Crippen LogP contribution in [0.4, 0.5) is 5.82 Å². The quantitative estimate of drug-likeness (QED) is 0.581. The molecule has 0 amide bonds. The molecule has 3 aliphatic rings. The molecule has 5 atom stereocenters. The molecule has 0 radical (unpaired) electrons. The van der Waals surface area contributed by atoms with E-state index in [9.17, 15) is 5.11 Å². The number of ether oxygens (including phenoxy) is 4. The molecule has 10 heteroatoms. The van der Waals surface area contributed by atoms with Gasteiger partial charge in [-0.1, -0.05) is 25.0 Å². The van der Waals surface area contributed by atoms with Crippen LogP contribution in [0.2, 0.25) is 0 Å². The van der Waals surface area contributed by atoms with Crippen molar-refractivity contribution in [3.8, 4) is 5.75 Å². The third-order valence-corrected chi connectivity index (χ3v) is 6.74. The van der Waals surface area contributed by atoms with Crippen molar-refractivity contribution in [1.82, 2.24) is 19.5 Å². The second-order valence-electron chi connectivity index (χ2n) is 8.73. The van der Waals surface area contributed by atoms with Crippen LogP contribution in [0.15, 0.2) is 36.9 Å². The van der Waals surface area contributed by atoms with E-state index in [1.807, 2.05) is 28.8 Å². The second-order valence-corrected chi connectivity index (χ2v) is 8.73. The summed E-state index contributed by atoms with van der Waals surface area (Å²) in [6.45, 7) is -0.174. The van der Waals surface area contributed by atoms with E-state index in [1.54, 1.807) is 19.8 Å². The summed E-state index contributed by atoms with van der Waals surface area (Å²) in [5, 5.41) is 13.5. The van der Waals surface area contributed by atoms with Gasteiger partial charge in [-0.2, -0.15) is 0 Å². The highest BCUT2D eigenvalue weighted by molar-refractivity contribution is 5.82. The summed E-state index contributed by atoms with van der Waals surface area (Å²) in [7, 11) is 1.63. The van der Waals surface area contributed by atoms with E-state index in [-0.39, 0.29) is 6.61 Å². The number of benzene rings is 1. The molecule has 2 aromatic heterocycles. The first-order valence-corrected chi connectivity index (χ1v) is 11.4. The molecule has 174 valence electrons. The van der Waals surface area contributed by atoms with E-state index < -0.39 is 30.8 Å². The Bertz CT molecular complexity index is 1120.